The van der Waals surface area contributed by atoms with Gasteiger partial charge in [0.2, 0.25) is 11.8 Å². The van der Waals surface area contributed by atoms with E-state index in [0.29, 0.717) is 16.8 Å². The Morgan fingerprint density at radius 3 is 2.50 bits per heavy atom. The van der Waals surface area contributed by atoms with Crippen LogP contribution in [0, 0.1) is 5.92 Å². The maximum Gasteiger partial charge on any atom is 0.264 e. The Bertz CT molecular complexity index is 1080. The predicted octanol–water partition coefficient (Wildman–Crippen LogP) is 2.97. The summed E-state index contributed by atoms with van der Waals surface area (Å²) in [5.41, 5.74) is 1.35. The van der Waals surface area contributed by atoms with Crippen LogP contribution in [0.15, 0.2) is 18.2 Å². The fourth-order valence-corrected chi connectivity index (χ4v) is 6.46. The molecular weight excluding hydrogens is 484 g/mol. The third-order valence-electron chi connectivity index (χ3n) is 8.78. The van der Waals surface area contributed by atoms with Gasteiger partial charge in [-0.25, -0.2) is 0 Å². The molecule has 1 aromatic rings. The van der Waals surface area contributed by atoms with Crippen molar-refractivity contribution in [3.8, 4) is 0 Å². The number of imide groups is 2. The molecule has 38 heavy (non-hydrogen) atoms. The summed E-state index contributed by atoms with van der Waals surface area (Å²) in [5, 5.41) is 2.25. The van der Waals surface area contributed by atoms with Crippen molar-refractivity contribution in [2.24, 2.45) is 5.92 Å². The first-order chi connectivity index (χ1) is 18.3. The fourth-order valence-electron chi connectivity index (χ4n) is 6.46. The van der Waals surface area contributed by atoms with E-state index < -0.39 is 23.8 Å². The second kappa shape index (κ2) is 11.5. The highest BCUT2D eigenvalue weighted by molar-refractivity contribution is 6.25. The average Bonchev–Trinajstić information content (AvgIpc) is 3.13. The molecule has 1 N–H and O–H groups in total. The summed E-state index contributed by atoms with van der Waals surface area (Å²) in [6.07, 6.45) is 10.1. The third kappa shape index (κ3) is 5.50. The summed E-state index contributed by atoms with van der Waals surface area (Å²) in [4.78, 5) is 56.0. The Kier molecular flexibility index (Phi) is 8.14. The van der Waals surface area contributed by atoms with Crippen LogP contribution < -0.4 is 10.2 Å². The van der Waals surface area contributed by atoms with E-state index in [1.165, 1.54) is 38.6 Å². The number of fused-ring (bicyclic) bond motifs is 1. The van der Waals surface area contributed by atoms with Crippen molar-refractivity contribution in [1.82, 2.24) is 15.1 Å². The molecule has 2 heterocycles. The molecule has 206 valence electrons. The van der Waals surface area contributed by atoms with Crippen LogP contribution in [0.2, 0.25) is 0 Å². The Morgan fingerprint density at radius 1 is 1.00 bits per heavy atom. The lowest BCUT2D eigenvalue weighted by molar-refractivity contribution is -0.136. The maximum atomic E-state index is 13.4. The Labute approximate surface area is 224 Å². The highest BCUT2D eigenvalue weighted by Gasteiger charge is 2.46. The molecule has 4 aliphatic rings. The van der Waals surface area contributed by atoms with Crippen LogP contribution in [0.25, 0.3) is 0 Å². The minimum atomic E-state index is -0.957. The van der Waals surface area contributed by atoms with Gasteiger partial charge in [-0.1, -0.05) is 25.3 Å². The number of amides is 4. The number of ether oxygens (including phenoxy) is 1. The van der Waals surface area contributed by atoms with Gasteiger partial charge in [-0.15, -0.1) is 0 Å². The lowest BCUT2D eigenvalue weighted by Gasteiger charge is -2.42. The zero-order chi connectivity index (χ0) is 26.8. The number of anilines is 1. The molecule has 0 spiro atoms. The zero-order valence-corrected chi connectivity index (χ0v) is 22.6. The second-order valence-corrected chi connectivity index (χ2v) is 11.5. The van der Waals surface area contributed by atoms with Crippen molar-refractivity contribution < 1.29 is 23.9 Å². The summed E-state index contributed by atoms with van der Waals surface area (Å²) in [6, 6.07) is 4.53. The summed E-state index contributed by atoms with van der Waals surface area (Å²) in [6.45, 7) is 3.01. The highest BCUT2D eigenvalue weighted by Crippen LogP contribution is 2.38. The molecule has 0 radical (unpaired) electrons. The summed E-state index contributed by atoms with van der Waals surface area (Å²) >= 11 is 0. The van der Waals surface area contributed by atoms with Crippen LogP contribution >= 0.6 is 0 Å². The van der Waals surface area contributed by atoms with Gasteiger partial charge in [0.1, 0.15) is 6.04 Å². The third-order valence-corrected chi connectivity index (χ3v) is 8.78. The van der Waals surface area contributed by atoms with E-state index in [9.17, 15) is 19.2 Å². The summed E-state index contributed by atoms with van der Waals surface area (Å²) in [5.74, 6) is -1.05. The highest BCUT2D eigenvalue weighted by atomic mass is 16.5. The normalized spacial score (nSPS) is 26.0. The number of benzene rings is 1. The van der Waals surface area contributed by atoms with Gasteiger partial charge in [0.15, 0.2) is 0 Å². The van der Waals surface area contributed by atoms with E-state index in [2.05, 4.69) is 22.2 Å². The molecule has 9 nitrogen and oxygen atoms in total. The maximum absolute atomic E-state index is 13.4. The molecule has 3 fully saturated rings. The summed E-state index contributed by atoms with van der Waals surface area (Å²) < 4.78 is 6.13. The van der Waals surface area contributed by atoms with Gasteiger partial charge in [-0.2, -0.15) is 0 Å². The topological polar surface area (TPSA) is 99.3 Å². The van der Waals surface area contributed by atoms with Crippen LogP contribution in [0.1, 0.15) is 84.9 Å². The van der Waals surface area contributed by atoms with Crippen molar-refractivity contribution >= 4 is 29.3 Å². The number of piperidine rings is 1. The van der Waals surface area contributed by atoms with Crippen LogP contribution in [0.5, 0.6) is 0 Å². The molecule has 1 saturated heterocycles. The van der Waals surface area contributed by atoms with Crippen LogP contribution in [0.3, 0.4) is 0 Å². The molecule has 2 saturated carbocycles. The van der Waals surface area contributed by atoms with E-state index in [4.69, 9.17) is 4.74 Å². The van der Waals surface area contributed by atoms with Crippen molar-refractivity contribution in [3.63, 3.8) is 0 Å². The van der Waals surface area contributed by atoms with Gasteiger partial charge in [-0.3, -0.25) is 29.4 Å². The lowest BCUT2D eigenvalue weighted by atomic mass is 9.87. The number of nitrogens with one attached hydrogen (secondary N) is 1. The van der Waals surface area contributed by atoms with Gasteiger partial charge < -0.3 is 14.5 Å². The second-order valence-electron chi connectivity index (χ2n) is 11.5. The minimum absolute atomic E-state index is 0.108. The van der Waals surface area contributed by atoms with Crippen molar-refractivity contribution in [2.45, 2.75) is 82.4 Å². The molecule has 2 aliphatic heterocycles. The van der Waals surface area contributed by atoms with Gasteiger partial charge >= 0.3 is 0 Å². The van der Waals surface area contributed by atoms with E-state index in [-0.39, 0.29) is 30.9 Å². The molecule has 1 aromatic carbocycles. The molecule has 0 aromatic heterocycles. The Balaban J connectivity index is 1.11. The average molecular weight is 525 g/mol. The van der Waals surface area contributed by atoms with E-state index in [0.717, 1.165) is 43.2 Å². The van der Waals surface area contributed by atoms with Gasteiger partial charge in [0.05, 0.1) is 22.9 Å². The smallest absolute Gasteiger partial charge is 0.264 e. The van der Waals surface area contributed by atoms with Crippen LogP contribution in [-0.2, 0) is 14.3 Å². The fraction of sp³-hybridized carbons (Fsp3) is 0.655. The van der Waals surface area contributed by atoms with Gasteiger partial charge in [0.25, 0.3) is 11.8 Å². The first-order valence-corrected chi connectivity index (χ1v) is 14.2. The molecule has 1 atom stereocenters. The van der Waals surface area contributed by atoms with E-state index in [1.54, 1.807) is 12.1 Å². The molecule has 0 bridgehead atoms. The van der Waals surface area contributed by atoms with Crippen LogP contribution in [0.4, 0.5) is 5.69 Å². The number of rotatable bonds is 10. The predicted molar refractivity (Wildman–Crippen MR) is 143 cm³/mol. The molecule has 1 unspecified atom stereocenters. The Hall–Kier alpha value is -2.78. The van der Waals surface area contributed by atoms with Crippen molar-refractivity contribution in [2.75, 3.05) is 38.7 Å². The van der Waals surface area contributed by atoms with E-state index >= 15 is 0 Å². The number of carbonyl (C=O) groups is 4. The summed E-state index contributed by atoms with van der Waals surface area (Å²) in [7, 11) is 4.16. The standard InChI is InChI=1S/C29H40N4O5/c1-31(18-19-8-4-3-5-9-19)14-7-15-38-21-16-20(17-21)32(2)23-11-6-10-22-26(23)29(37)33(28(22)36)24-12-13-25(34)30-27(24)35/h6,10-11,19-21,24H,3-5,7-9,12-18H2,1-2H3,(H,30,34,35)/t20-,21-,24?. The molecule has 2 aliphatic carbocycles. The van der Waals surface area contributed by atoms with Crippen molar-refractivity contribution in [1.29, 1.82) is 0 Å². The minimum Gasteiger partial charge on any atom is -0.378 e. The van der Waals surface area contributed by atoms with Crippen molar-refractivity contribution in [3.05, 3.63) is 29.3 Å². The molecule has 5 rings (SSSR count). The van der Waals surface area contributed by atoms with Crippen LogP contribution in [-0.4, -0.2) is 85.4 Å². The monoisotopic (exact) mass is 524 g/mol. The first-order valence-electron chi connectivity index (χ1n) is 14.2. The number of carbonyl (C=O) groups excluding carboxylic acids is 4. The van der Waals surface area contributed by atoms with Gasteiger partial charge in [-0.05, 0) is 63.6 Å². The largest absolute Gasteiger partial charge is 0.378 e. The molecule has 4 amide bonds. The van der Waals surface area contributed by atoms with E-state index in [1.807, 2.05) is 13.1 Å². The van der Waals surface area contributed by atoms with Gasteiger partial charge in [0, 0.05) is 39.2 Å². The zero-order valence-electron chi connectivity index (χ0n) is 22.6. The molecule has 9 heteroatoms. The SMILES string of the molecule is CN(CCCO[C@H]1C[C@H](N(C)c2cccc3c2C(=O)N(C2CCC(=O)NC2=O)C3=O)C1)CC1CCCCC1. The Morgan fingerprint density at radius 2 is 1.76 bits per heavy atom. The first kappa shape index (κ1) is 26.8. The quantitative estimate of drug-likeness (QED) is 0.371. The number of hydrogen-bond donors (Lipinski definition) is 1. The molecular formula is C29H40N4O5. The number of nitrogens with zero attached hydrogens (tertiary/aromatic N) is 3. The lowest BCUT2D eigenvalue weighted by Crippen LogP contribution is -2.54. The number of hydrogen-bond acceptors (Lipinski definition) is 7.